The zero-order valence-corrected chi connectivity index (χ0v) is 16.8. The number of ether oxygens (including phenoxy) is 1. The highest BCUT2D eigenvalue weighted by Gasteiger charge is 2.25. The minimum absolute atomic E-state index is 0.0243. The van der Waals surface area contributed by atoms with Crippen LogP contribution in [0.1, 0.15) is 34.5 Å². The first-order valence-electron chi connectivity index (χ1n) is 10.0. The molecule has 2 aromatic rings. The molecule has 4 nitrogen and oxygen atoms in total. The molecule has 0 saturated heterocycles. The Morgan fingerprint density at radius 2 is 2.03 bits per heavy atom. The summed E-state index contributed by atoms with van der Waals surface area (Å²) in [5.41, 5.74) is 6.63. The van der Waals surface area contributed by atoms with E-state index in [4.69, 9.17) is 9.73 Å². The van der Waals surface area contributed by atoms with Crippen LogP contribution in [0.25, 0.3) is 17.3 Å². The van der Waals surface area contributed by atoms with Crippen molar-refractivity contribution in [1.29, 1.82) is 0 Å². The van der Waals surface area contributed by atoms with Crippen molar-refractivity contribution in [2.24, 2.45) is 10.9 Å². The van der Waals surface area contributed by atoms with Crippen molar-refractivity contribution in [2.75, 3.05) is 7.11 Å². The van der Waals surface area contributed by atoms with Gasteiger partial charge in [0.1, 0.15) is 11.6 Å². The van der Waals surface area contributed by atoms with Gasteiger partial charge in [0.25, 0.3) is 0 Å². The maximum absolute atomic E-state index is 13.9. The lowest BCUT2D eigenvalue weighted by molar-refractivity contribution is 0.411. The number of methoxy groups -OCH3 is 1. The van der Waals surface area contributed by atoms with Gasteiger partial charge in [-0.1, -0.05) is 18.2 Å². The lowest BCUT2D eigenvalue weighted by Crippen LogP contribution is -2.19. The van der Waals surface area contributed by atoms with Crippen LogP contribution < -0.4 is 10.2 Å². The van der Waals surface area contributed by atoms with Crippen molar-refractivity contribution < 1.29 is 9.13 Å². The molecular weight excluding hydrogens is 379 g/mol. The number of hydrogen-bond donors (Lipinski definition) is 1. The predicted molar refractivity (Wildman–Crippen MR) is 118 cm³/mol. The van der Waals surface area contributed by atoms with Gasteiger partial charge < -0.3 is 9.72 Å². The fraction of sp³-hybridized carbons (Fsp3) is 0.200. The topological polar surface area (TPSA) is 54.5 Å². The summed E-state index contributed by atoms with van der Waals surface area (Å²) in [5.74, 6) is 0.122. The molecular formula is C25H21FN2O2. The number of nitrogens with one attached hydrogen (secondary N) is 1. The molecule has 2 heterocycles. The van der Waals surface area contributed by atoms with Crippen LogP contribution in [0.15, 0.2) is 58.4 Å². The van der Waals surface area contributed by atoms with Crippen molar-refractivity contribution >= 4 is 23.1 Å². The summed E-state index contributed by atoms with van der Waals surface area (Å²) in [6.45, 7) is 1.85. The number of fused-ring (bicyclic) bond motifs is 2. The minimum atomic E-state index is -0.337. The summed E-state index contributed by atoms with van der Waals surface area (Å²) >= 11 is 0. The summed E-state index contributed by atoms with van der Waals surface area (Å²) in [4.78, 5) is 21.0. The van der Waals surface area contributed by atoms with Gasteiger partial charge in [-0.25, -0.2) is 4.39 Å². The van der Waals surface area contributed by atoms with E-state index in [9.17, 15) is 9.18 Å². The molecule has 0 fully saturated rings. The molecule has 5 heteroatoms. The van der Waals surface area contributed by atoms with E-state index in [0.29, 0.717) is 11.3 Å². The number of aromatic amines is 1. The second-order valence-electron chi connectivity index (χ2n) is 7.74. The Kier molecular flexibility index (Phi) is 4.39. The van der Waals surface area contributed by atoms with E-state index in [-0.39, 0.29) is 17.2 Å². The third kappa shape index (κ3) is 3.07. The number of benzene rings is 1. The lowest BCUT2D eigenvalue weighted by Gasteiger charge is -2.14. The van der Waals surface area contributed by atoms with Gasteiger partial charge in [-0.3, -0.25) is 9.79 Å². The predicted octanol–water partition coefficient (Wildman–Crippen LogP) is 4.86. The van der Waals surface area contributed by atoms with Crippen molar-refractivity contribution in [3.63, 3.8) is 0 Å². The number of allylic oxidation sites excluding steroid dienone is 6. The van der Waals surface area contributed by atoms with Crippen LogP contribution in [0.4, 0.5) is 4.39 Å². The first-order valence-corrected chi connectivity index (χ1v) is 10.0. The van der Waals surface area contributed by atoms with Gasteiger partial charge in [-0.05, 0) is 61.3 Å². The van der Waals surface area contributed by atoms with Crippen LogP contribution >= 0.6 is 0 Å². The molecule has 1 atom stereocenters. The van der Waals surface area contributed by atoms with Crippen molar-refractivity contribution in [3.8, 4) is 5.75 Å². The quantitative estimate of drug-likeness (QED) is 0.800. The third-order valence-corrected chi connectivity index (χ3v) is 5.84. The average molecular weight is 400 g/mol. The van der Waals surface area contributed by atoms with E-state index in [1.807, 2.05) is 37.3 Å². The maximum atomic E-state index is 13.9. The Morgan fingerprint density at radius 1 is 1.17 bits per heavy atom. The Labute approximate surface area is 173 Å². The number of pyridine rings is 1. The molecule has 1 unspecified atom stereocenters. The van der Waals surface area contributed by atoms with Crippen LogP contribution in [-0.2, 0) is 6.42 Å². The van der Waals surface area contributed by atoms with Gasteiger partial charge >= 0.3 is 0 Å². The summed E-state index contributed by atoms with van der Waals surface area (Å²) in [7, 11) is 1.53. The number of H-pyrrole nitrogens is 1. The highest BCUT2D eigenvalue weighted by atomic mass is 19.1. The maximum Gasteiger partial charge on any atom is 0.188 e. The molecule has 1 aromatic heterocycles. The smallest absolute Gasteiger partial charge is 0.188 e. The van der Waals surface area contributed by atoms with E-state index < -0.39 is 0 Å². The molecule has 1 aromatic carbocycles. The fourth-order valence-electron chi connectivity index (χ4n) is 4.23. The number of aromatic nitrogens is 1. The largest absolute Gasteiger partial charge is 0.497 e. The zero-order chi connectivity index (χ0) is 20.8. The van der Waals surface area contributed by atoms with Gasteiger partial charge in [0.05, 0.1) is 24.2 Å². The number of halogens is 1. The standard InChI is InChI=1S/C25H21FN2O2/c1-14-24(28-22-6-4-3-5-20(22)25(14)29)23-12-17-9-15(7-8-21(17)27-23)16-10-18(26)13-19(11-16)30-2/h4,6-13,17H,3,5H2,1-2H3,(H,28,29). The molecule has 2 aliphatic carbocycles. The van der Waals surface area contributed by atoms with Crippen LogP contribution in [0.5, 0.6) is 5.75 Å². The second-order valence-corrected chi connectivity index (χ2v) is 7.74. The number of hydrogen-bond acceptors (Lipinski definition) is 3. The van der Waals surface area contributed by atoms with E-state index >= 15 is 0 Å². The van der Waals surface area contributed by atoms with Gasteiger partial charge in [0.15, 0.2) is 5.43 Å². The Morgan fingerprint density at radius 3 is 2.87 bits per heavy atom. The second kappa shape index (κ2) is 7.10. The monoisotopic (exact) mass is 400 g/mol. The highest BCUT2D eigenvalue weighted by Crippen LogP contribution is 2.34. The average Bonchev–Trinajstić information content (AvgIpc) is 3.19. The van der Waals surface area contributed by atoms with Gasteiger partial charge in [0.2, 0.25) is 0 Å². The molecule has 0 saturated carbocycles. The molecule has 5 rings (SSSR count). The van der Waals surface area contributed by atoms with Crippen LogP contribution in [0.2, 0.25) is 0 Å². The molecule has 1 N–H and O–H groups in total. The van der Waals surface area contributed by atoms with Crippen molar-refractivity contribution in [2.45, 2.75) is 19.8 Å². The first-order chi connectivity index (χ1) is 14.5. The van der Waals surface area contributed by atoms with E-state index in [0.717, 1.165) is 52.3 Å². The lowest BCUT2D eigenvalue weighted by atomic mass is 9.91. The molecule has 0 spiro atoms. The van der Waals surface area contributed by atoms with Gasteiger partial charge in [0, 0.05) is 28.8 Å². The Bertz CT molecular complexity index is 1270. The van der Waals surface area contributed by atoms with Gasteiger partial charge in [-0.15, -0.1) is 0 Å². The molecule has 0 radical (unpaired) electrons. The normalized spacial score (nSPS) is 19.0. The number of nitrogens with zero attached hydrogens (tertiary/aromatic N) is 1. The molecule has 1 aliphatic heterocycles. The van der Waals surface area contributed by atoms with Crippen LogP contribution in [0, 0.1) is 18.7 Å². The summed E-state index contributed by atoms with van der Waals surface area (Å²) < 4.78 is 19.1. The van der Waals surface area contributed by atoms with Crippen molar-refractivity contribution in [1.82, 2.24) is 4.98 Å². The summed E-state index contributed by atoms with van der Waals surface area (Å²) in [6.07, 6.45) is 13.7. The number of rotatable bonds is 3. The fourth-order valence-corrected chi connectivity index (χ4v) is 4.23. The van der Waals surface area contributed by atoms with E-state index in [1.165, 1.54) is 19.2 Å². The SMILES string of the molecule is COc1cc(F)cc(C2=CC3C=C(c4[nH]c5c(c(=O)c4C)CCC=C5)N=C3C=C2)c1. The third-order valence-electron chi connectivity index (χ3n) is 5.84. The van der Waals surface area contributed by atoms with Crippen molar-refractivity contribution in [3.05, 3.63) is 92.7 Å². The van der Waals surface area contributed by atoms with E-state index in [2.05, 4.69) is 17.1 Å². The van der Waals surface area contributed by atoms with Crippen LogP contribution in [0.3, 0.4) is 0 Å². The molecule has 3 aliphatic rings. The molecule has 30 heavy (non-hydrogen) atoms. The minimum Gasteiger partial charge on any atom is -0.497 e. The molecule has 0 bridgehead atoms. The number of aliphatic imine (C=N–C) groups is 1. The zero-order valence-electron chi connectivity index (χ0n) is 16.8. The summed E-state index contributed by atoms with van der Waals surface area (Å²) in [6, 6.07) is 4.68. The highest BCUT2D eigenvalue weighted by molar-refractivity contribution is 6.10. The van der Waals surface area contributed by atoms with Gasteiger partial charge in [-0.2, -0.15) is 0 Å². The Hall–Kier alpha value is -3.47. The Balaban J connectivity index is 1.54. The van der Waals surface area contributed by atoms with E-state index in [1.54, 1.807) is 0 Å². The van der Waals surface area contributed by atoms with Crippen LogP contribution in [-0.4, -0.2) is 17.8 Å². The molecule has 0 amide bonds. The molecule has 150 valence electrons. The summed E-state index contributed by atoms with van der Waals surface area (Å²) in [5, 5.41) is 0. The first kappa shape index (κ1) is 18.6.